The van der Waals surface area contributed by atoms with Crippen LogP contribution in [0.15, 0.2) is 33.5 Å². The number of fused-ring (bicyclic) bond motifs is 1. The lowest BCUT2D eigenvalue weighted by Crippen LogP contribution is -2.23. The van der Waals surface area contributed by atoms with E-state index >= 15 is 0 Å². The van der Waals surface area contributed by atoms with Crippen LogP contribution in [0.4, 0.5) is 11.4 Å². The van der Waals surface area contributed by atoms with E-state index in [1.54, 1.807) is 24.3 Å². The average molecular weight is 276 g/mol. The molecule has 0 spiro atoms. The van der Waals surface area contributed by atoms with Gasteiger partial charge in [-0.15, -0.1) is 0 Å². The Morgan fingerprint density at radius 3 is 2.50 bits per heavy atom. The molecule has 2 rings (SSSR count). The molecule has 0 aliphatic rings. The number of nitrogens with zero attached hydrogens (tertiary/aromatic N) is 1. The lowest BCUT2D eigenvalue weighted by molar-refractivity contribution is -0.386. The molecular formula is C14H16N2O4. The zero-order valence-electron chi connectivity index (χ0n) is 11.5. The van der Waals surface area contributed by atoms with Crippen molar-refractivity contribution in [3.05, 3.63) is 44.8 Å². The number of anilines is 1. The Balaban J connectivity index is 2.72. The predicted octanol–water partition coefficient (Wildman–Crippen LogP) is 3.16. The molecule has 1 aromatic carbocycles. The molecule has 1 atom stereocenters. The van der Waals surface area contributed by atoms with E-state index in [1.165, 1.54) is 0 Å². The molecule has 0 unspecified atom stereocenters. The molecule has 106 valence electrons. The summed E-state index contributed by atoms with van der Waals surface area (Å²) < 4.78 is 5.00. The SMILES string of the molecule is CC(C)[C@@H](C)Nc1c([N+](=O)[O-])c(=O)oc2ccccc12. The molecule has 2 aromatic rings. The minimum absolute atomic E-state index is 0.0149. The maximum atomic E-state index is 11.8. The smallest absolute Gasteiger partial charge is 0.417 e. The molecule has 0 amide bonds. The van der Waals surface area contributed by atoms with Gasteiger partial charge in [0.2, 0.25) is 0 Å². The van der Waals surface area contributed by atoms with Crippen molar-refractivity contribution in [2.24, 2.45) is 5.92 Å². The summed E-state index contributed by atoms with van der Waals surface area (Å²) in [4.78, 5) is 22.2. The van der Waals surface area contributed by atoms with Crippen LogP contribution in [0.3, 0.4) is 0 Å². The normalized spacial score (nSPS) is 12.6. The first kappa shape index (κ1) is 14.0. The van der Waals surface area contributed by atoms with Crippen molar-refractivity contribution in [1.29, 1.82) is 0 Å². The number of rotatable bonds is 4. The fraction of sp³-hybridized carbons (Fsp3) is 0.357. The van der Waals surface area contributed by atoms with Crippen LogP contribution in [0.1, 0.15) is 20.8 Å². The van der Waals surface area contributed by atoms with Crippen LogP contribution in [0.2, 0.25) is 0 Å². The summed E-state index contributed by atoms with van der Waals surface area (Å²) in [5, 5.41) is 14.8. The highest BCUT2D eigenvalue weighted by atomic mass is 16.6. The average Bonchev–Trinajstić information content (AvgIpc) is 2.37. The monoisotopic (exact) mass is 276 g/mol. The van der Waals surface area contributed by atoms with Crippen molar-refractivity contribution in [3.63, 3.8) is 0 Å². The minimum Gasteiger partial charge on any atom is -0.418 e. The van der Waals surface area contributed by atoms with E-state index in [-0.39, 0.29) is 17.6 Å². The second-order valence-electron chi connectivity index (χ2n) is 5.04. The second kappa shape index (κ2) is 5.32. The standard InChI is InChI=1S/C14H16N2O4/c1-8(2)9(3)15-12-10-6-4-5-7-11(10)20-14(17)13(12)16(18)19/h4-9,15H,1-3H3/t9-/m1/s1. The van der Waals surface area contributed by atoms with Gasteiger partial charge in [-0.1, -0.05) is 26.0 Å². The first-order valence-electron chi connectivity index (χ1n) is 6.38. The Kier molecular flexibility index (Phi) is 3.74. The molecule has 6 heteroatoms. The van der Waals surface area contributed by atoms with Crippen molar-refractivity contribution in [2.75, 3.05) is 5.32 Å². The van der Waals surface area contributed by atoms with Crippen molar-refractivity contribution in [3.8, 4) is 0 Å². The lowest BCUT2D eigenvalue weighted by atomic mass is 10.1. The first-order chi connectivity index (χ1) is 9.41. The highest BCUT2D eigenvalue weighted by molar-refractivity contribution is 5.94. The Bertz CT molecular complexity index is 706. The van der Waals surface area contributed by atoms with Crippen LogP contribution in [-0.2, 0) is 0 Å². The zero-order valence-corrected chi connectivity index (χ0v) is 11.5. The fourth-order valence-corrected chi connectivity index (χ4v) is 1.85. The van der Waals surface area contributed by atoms with Gasteiger partial charge in [0, 0.05) is 11.4 Å². The molecular weight excluding hydrogens is 260 g/mol. The highest BCUT2D eigenvalue weighted by Crippen LogP contribution is 2.31. The Hall–Kier alpha value is -2.37. The number of hydrogen-bond donors (Lipinski definition) is 1. The summed E-state index contributed by atoms with van der Waals surface area (Å²) in [6.07, 6.45) is 0. The molecule has 0 saturated carbocycles. The zero-order chi connectivity index (χ0) is 14.9. The van der Waals surface area contributed by atoms with Crippen LogP contribution in [0.5, 0.6) is 0 Å². The van der Waals surface area contributed by atoms with Crippen molar-refractivity contribution in [2.45, 2.75) is 26.8 Å². The number of nitrogens with one attached hydrogen (secondary N) is 1. The van der Waals surface area contributed by atoms with E-state index < -0.39 is 16.2 Å². The fourth-order valence-electron chi connectivity index (χ4n) is 1.85. The summed E-state index contributed by atoms with van der Waals surface area (Å²) in [6, 6.07) is 6.76. The van der Waals surface area contributed by atoms with Crippen LogP contribution in [0.25, 0.3) is 11.0 Å². The number of benzene rings is 1. The van der Waals surface area contributed by atoms with E-state index in [1.807, 2.05) is 20.8 Å². The van der Waals surface area contributed by atoms with Crippen molar-refractivity contribution >= 4 is 22.3 Å². The van der Waals surface area contributed by atoms with Crippen LogP contribution >= 0.6 is 0 Å². The molecule has 1 N–H and O–H groups in total. The van der Waals surface area contributed by atoms with Gasteiger partial charge >= 0.3 is 11.3 Å². The Morgan fingerprint density at radius 1 is 1.25 bits per heavy atom. The van der Waals surface area contributed by atoms with Gasteiger partial charge in [-0.25, -0.2) is 4.79 Å². The minimum atomic E-state index is -0.938. The molecule has 0 radical (unpaired) electrons. The summed E-state index contributed by atoms with van der Waals surface area (Å²) in [5.74, 6) is 0.264. The quantitative estimate of drug-likeness (QED) is 0.526. The van der Waals surface area contributed by atoms with Gasteiger partial charge < -0.3 is 9.73 Å². The lowest BCUT2D eigenvalue weighted by Gasteiger charge is -2.19. The van der Waals surface area contributed by atoms with E-state index in [9.17, 15) is 14.9 Å². The van der Waals surface area contributed by atoms with Gasteiger partial charge in [0.1, 0.15) is 11.3 Å². The van der Waals surface area contributed by atoms with Crippen molar-refractivity contribution in [1.82, 2.24) is 0 Å². The largest absolute Gasteiger partial charge is 0.418 e. The topological polar surface area (TPSA) is 85.4 Å². The van der Waals surface area contributed by atoms with Gasteiger partial charge in [0.05, 0.1) is 4.92 Å². The number of nitro groups is 1. The third kappa shape index (κ3) is 2.49. The van der Waals surface area contributed by atoms with E-state index in [0.29, 0.717) is 11.0 Å². The molecule has 6 nitrogen and oxygen atoms in total. The van der Waals surface area contributed by atoms with Crippen LogP contribution in [0, 0.1) is 16.0 Å². The summed E-state index contributed by atoms with van der Waals surface area (Å²) in [5.41, 5.74) is -0.923. The molecule has 0 aliphatic heterocycles. The van der Waals surface area contributed by atoms with E-state index in [0.717, 1.165) is 0 Å². The van der Waals surface area contributed by atoms with Crippen molar-refractivity contribution < 1.29 is 9.34 Å². The summed E-state index contributed by atoms with van der Waals surface area (Å²) >= 11 is 0. The summed E-state index contributed by atoms with van der Waals surface area (Å²) in [7, 11) is 0. The molecule has 0 saturated heterocycles. The van der Waals surface area contributed by atoms with E-state index in [4.69, 9.17) is 4.42 Å². The third-order valence-electron chi connectivity index (χ3n) is 3.34. The Labute approximate surface area is 115 Å². The number of hydrogen-bond acceptors (Lipinski definition) is 5. The second-order valence-corrected chi connectivity index (χ2v) is 5.04. The van der Waals surface area contributed by atoms with Gasteiger partial charge in [-0.05, 0) is 25.0 Å². The summed E-state index contributed by atoms with van der Waals surface area (Å²) in [6.45, 7) is 5.91. The molecule has 1 aromatic heterocycles. The number of para-hydroxylation sites is 1. The van der Waals surface area contributed by atoms with Gasteiger partial charge in [0.25, 0.3) is 0 Å². The van der Waals surface area contributed by atoms with Gasteiger partial charge in [-0.3, -0.25) is 10.1 Å². The molecule has 0 aliphatic carbocycles. The molecule has 0 fully saturated rings. The van der Waals surface area contributed by atoms with Gasteiger partial charge in [0.15, 0.2) is 0 Å². The van der Waals surface area contributed by atoms with Crippen LogP contribution < -0.4 is 10.9 Å². The predicted molar refractivity (Wildman–Crippen MR) is 77.1 cm³/mol. The molecule has 20 heavy (non-hydrogen) atoms. The third-order valence-corrected chi connectivity index (χ3v) is 3.34. The maximum absolute atomic E-state index is 11.8. The first-order valence-corrected chi connectivity index (χ1v) is 6.38. The Morgan fingerprint density at radius 2 is 1.90 bits per heavy atom. The molecule has 1 heterocycles. The maximum Gasteiger partial charge on any atom is 0.417 e. The van der Waals surface area contributed by atoms with E-state index in [2.05, 4.69) is 5.32 Å². The highest BCUT2D eigenvalue weighted by Gasteiger charge is 2.26. The van der Waals surface area contributed by atoms with Gasteiger partial charge in [-0.2, -0.15) is 0 Å². The van der Waals surface area contributed by atoms with Crippen LogP contribution in [-0.4, -0.2) is 11.0 Å². The molecule has 0 bridgehead atoms.